The van der Waals surface area contributed by atoms with Crippen molar-refractivity contribution in [1.82, 2.24) is 4.72 Å². The van der Waals surface area contributed by atoms with Gasteiger partial charge in [-0.15, -0.1) is 0 Å². The van der Waals surface area contributed by atoms with E-state index in [0.717, 1.165) is 24.0 Å². The highest BCUT2D eigenvalue weighted by molar-refractivity contribution is 7.89. The van der Waals surface area contributed by atoms with E-state index in [4.69, 9.17) is 5.73 Å². The number of hydrogen-bond acceptors (Lipinski definition) is 3. The van der Waals surface area contributed by atoms with E-state index in [1.807, 2.05) is 20.8 Å². The lowest BCUT2D eigenvalue weighted by Crippen LogP contribution is -2.33. The Balaban J connectivity index is 3.05. The van der Waals surface area contributed by atoms with Gasteiger partial charge in [-0.05, 0) is 43.0 Å². The molecule has 0 radical (unpaired) electrons. The van der Waals surface area contributed by atoms with E-state index in [0.29, 0.717) is 11.4 Å². The van der Waals surface area contributed by atoms with Crippen molar-refractivity contribution in [2.24, 2.45) is 5.73 Å². The molecule has 0 aliphatic rings. The predicted octanol–water partition coefficient (Wildman–Crippen LogP) is 1.92. The SMILES string of the molecule is CCC(CC)NS(=O)(=O)c1ccc(C)c(CN)c1. The third kappa shape index (κ3) is 3.54. The third-order valence-electron chi connectivity index (χ3n) is 3.16. The Morgan fingerprint density at radius 1 is 1.28 bits per heavy atom. The summed E-state index contributed by atoms with van der Waals surface area (Å²) in [5.41, 5.74) is 7.48. The lowest BCUT2D eigenvalue weighted by Gasteiger charge is -2.15. The molecule has 1 aromatic rings. The van der Waals surface area contributed by atoms with E-state index in [1.165, 1.54) is 0 Å². The van der Waals surface area contributed by atoms with Gasteiger partial charge in [0.05, 0.1) is 4.90 Å². The first-order valence-electron chi connectivity index (χ1n) is 6.26. The Bertz CT molecular complexity index is 494. The Morgan fingerprint density at radius 3 is 2.39 bits per heavy atom. The first kappa shape index (κ1) is 15.1. The van der Waals surface area contributed by atoms with Crippen molar-refractivity contribution in [3.8, 4) is 0 Å². The van der Waals surface area contributed by atoms with Crippen LogP contribution in [-0.2, 0) is 16.6 Å². The number of nitrogens with two attached hydrogens (primary N) is 1. The van der Waals surface area contributed by atoms with Crippen LogP contribution in [0.2, 0.25) is 0 Å². The molecule has 0 spiro atoms. The molecule has 18 heavy (non-hydrogen) atoms. The van der Waals surface area contributed by atoms with Gasteiger partial charge in [0, 0.05) is 12.6 Å². The standard InChI is InChI=1S/C13H22N2O2S/c1-4-12(5-2)15-18(16,17)13-7-6-10(3)11(8-13)9-14/h6-8,12,15H,4-5,9,14H2,1-3H3. The maximum Gasteiger partial charge on any atom is 0.240 e. The van der Waals surface area contributed by atoms with Gasteiger partial charge in [-0.1, -0.05) is 19.9 Å². The summed E-state index contributed by atoms with van der Waals surface area (Å²) in [6.07, 6.45) is 1.57. The minimum atomic E-state index is -3.44. The van der Waals surface area contributed by atoms with Crippen LogP contribution in [0.5, 0.6) is 0 Å². The second-order valence-electron chi connectivity index (χ2n) is 4.43. The lowest BCUT2D eigenvalue weighted by atomic mass is 10.1. The summed E-state index contributed by atoms with van der Waals surface area (Å²) < 4.78 is 27.1. The molecule has 0 atom stereocenters. The fourth-order valence-corrected chi connectivity index (χ4v) is 3.23. The second-order valence-corrected chi connectivity index (χ2v) is 6.14. The fraction of sp³-hybridized carbons (Fsp3) is 0.538. The van der Waals surface area contributed by atoms with Crippen LogP contribution >= 0.6 is 0 Å². The van der Waals surface area contributed by atoms with Crippen molar-refractivity contribution in [3.63, 3.8) is 0 Å². The van der Waals surface area contributed by atoms with Crippen molar-refractivity contribution in [1.29, 1.82) is 0 Å². The van der Waals surface area contributed by atoms with E-state index in [1.54, 1.807) is 18.2 Å². The highest BCUT2D eigenvalue weighted by Crippen LogP contribution is 2.16. The van der Waals surface area contributed by atoms with Crippen LogP contribution in [-0.4, -0.2) is 14.5 Å². The van der Waals surface area contributed by atoms with E-state index < -0.39 is 10.0 Å². The molecule has 0 aliphatic carbocycles. The molecule has 0 fully saturated rings. The summed E-state index contributed by atoms with van der Waals surface area (Å²) in [5, 5.41) is 0. The molecule has 4 nitrogen and oxygen atoms in total. The Hall–Kier alpha value is -0.910. The molecule has 0 unspecified atom stereocenters. The van der Waals surface area contributed by atoms with Gasteiger partial charge in [-0.25, -0.2) is 13.1 Å². The lowest BCUT2D eigenvalue weighted by molar-refractivity contribution is 0.530. The minimum absolute atomic E-state index is 0.0161. The summed E-state index contributed by atoms with van der Waals surface area (Å²) in [7, 11) is -3.44. The third-order valence-corrected chi connectivity index (χ3v) is 4.68. The van der Waals surface area contributed by atoms with Gasteiger partial charge >= 0.3 is 0 Å². The largest absolute Gasteiger partial charge is 0.326 e. The molecule has 5 heteroatoms. The van der Waals surface area contributed by atoms with Gasteiger partial charge in [0.2, 0.25) is 10.0 Å². The zero-order chi connectivity index (χ0) is 13.8. The molecule has 0 bridgehead atoms. The maximum absolute atomic E-state index is 12.2. The number of sulfonamides is 1. The average molecular weight is 270 g/mol. The molecule has 0 aromatic heterocycles. The molecule has 0 aliphatic heterocycles. The predicted molar refractivity (Wildman–Crippen MR) is 73.8 cm³/mol. The van der Waals surface area contributed by atoms with Crippen molar-refractivity contribution in [3.05, 3.63) is 29.3 Å². The van der Waals surface area contributed by atoms with Gasteiger partial charge in [-0.2, -0.15) is 0 Å². The molecule has 1 rings (SSSR count). The molecule has 102 valence electrons. The minimum Gasteiger partial charge on any atom is -0.326 e. The molecule has 0 heterocycles. The first-order valence-corrected chi connectivity index (χ1v) is 7.74. The Morgan fingerprint density at radius 2 is 1.89 bits per heavy atom. The van der Waals surface area contributed by atoms with Gasteiger partial charge in [0.25, 0.3) is 0 Å². The number of aryl methyl sites for hydroxylation is 1. The number of benzene rings is 1. The highest BCUT2D eigenvalue weighted by atomic mass is 32.2. The van der Waals surface area contributed by atoms with Crippen LogP contribution in [0.4, 0.5) is 0 Å². The van der Waals surface area contributed by atoms with Crippen LogP contribution in [0.15, 0.2) is 23.1 Å². The summed E-state index contributed by atoms with van der Waals surface area (Å²) in [6.45, 7) is 6.21. The maximum atomic E-state index is 12.2. The van der Waals surface area contributed by atoms with Gasteiger partial charge < -0.3 is 5.73 Å². The van der Waals surface area contributed by atoms with Crippen molar-refractivity contribution in [2.45, 2.75) is 51.1 Å². The molecule has 1 aromatic carbocycles. The molecule has 0 saturated carbocycles. The Labute approximate surface area is 110 Å². The van der Waals surface area contributed by atoms with Crippen molar-refractivity contribution >= 4 is 10.0 Å². The quantitative estimate of drug-likeness (QED) is 0.829. The Kier molecular flexibility index (Phi) is 5.31. The number of hydrogen-bond donors (Lipinski definition) is 2. The van der Waals surface area contributed by atoms with E-state index in [2.05, 4.69) is 4.72 Å². The summed E-state index contributed by atoms with van der Waals surface area (Å²) in [4.78, 5) is 0.292. The molecule has 0 amide bonds. The zero-order valence-corrected chi connectivity index (χ0v) is 12.0. The smallest absolute Gasteiger partial charge is 0.240 e. The zero-order valence-electron chi connectivity index (χ0n) is 11.2. The summed E-state index contributed by atoms with van der Waals surface area (Å²) in [5.74, 6) is 0. The van der Waals surface area contributed by atoms with Crippen LogP contribution in [0.25, 0.3) is 0 Å². The normalized spacial score (nSPS) is 12.1. The van der Waals surface area contributed by atoms with Crippen LogP contribution in [0.3, 0.4) is 0 Å². The van der Waals surface area contributed by atoms with Crippen LogP contribution in [0, 0.1) is 6.92 Å². The number of nitrogens with one attached hydrogen (secondary N) is 1. The van der Waals surface area contributed by atoms with Crippen molar-refractivity contribution < 1.29 is 8.42 Å². The van der Waals surface area contributed by atoms with Crippen LogP contribution < -0.4 is 10.5 Å². The highest BCUT2D eigenvalue weighted by Gasteiger charge is 2.18. The first-order chi connectivity index (χ1) is 8.44. The molecular weight excluding hydrogens is 248 g/mol. The fourth-order valence-electron chi connectivity index (χ4n) is 1.78. The molecular formula is C13H22N2O2S. The topological polar surface area (TPSA) is 72.2 Å². The van der Waals surface area contributed by atoms with Gasteiger partial charge in [0.15, 0.2) is 0 Å². The van der Waals surface area contributed by atoms with E-state index in [-0.39, 0.29) is 6.04 Å². The average Bonchev–Trinajstić information content (AvgIpc) is 2.36. The monoisotopic (exact) mass is 270 g/mol. The van der Waals surface area contributed by atoms with Crippen molar-refractivity contribution in [2.75, 3.05) is 0 Å². The second kappa shape index (κ2) is 6.31. The van der Waals surface area contributed by atoms with Gasteiger partial charge in [0.1, 0.15) is 0 Å². The van der Waals surface area contributed by atoms with E-state index >= 15 is 0 Å². The number of rotatable bonds is 6. The summed E-state index contributed by atoms with van der Waals surface area (Å²) >= 11 is 0. The van der Waals surface area contributed by atoms with Gasteiger partial charge in [-0.3, -0.25) is 0 Å². The molecule has 3 N–H and O–H groups in total. The molecule has 0 saturated heterocycles. The van der Waals surface area contributed by atoms with Crippen LogP contribution in [0.1, 0.15) is 37.8 Å². The summed E-state index contributed by atoms with van der Waals surface area (Å²) in [6, 6.07) is 5.06. The van der Waals surface area contributed by atoms with E-state index in [9.17, 15) is 8.42 Å².